The van der Waals surface area contributed by atoms with Crippen LogP contribution in [0.15, 0.2) is 6.33 Å². The molecule has 6 rings (SSSR count). The number of imidazole rings is 1. The summed E-state index contributed by atoms with van der Waals surface area (Å²) < 4.78 is 50.7. The number of nitrogens with two attached hydrogens (primary N) is 2. The third-order valence-electron chi connectivity index (χ3n) is 5.94. The molecule has 21 heteroatoms. The molecule has 4 aliphatic rings. The SMILES string of the molecule is Nc1nc2c(N)[n+]3cnc2n1[C@@H]1O[C@H](COP(=O)(O)OP(=O)([O-])OC[C@H]2O[C@@H]3[C@H](O)[C@@H]2O)[C@@H](O)[C@H]1O. The molecule has 10 atom stereocenters. The molecule has 2 aromatic heterocycles. The van der Waals surface area contributed by atoms with Crippen LogP contribution in [0.5, 0.6) is 0 Å². The summed E-state index contributed by atoms with van der Waals surface area (Å²) in [5.74, 6) is -0.392. The number of hydrogen-bond donors (Lipinski definition) is 7. The number of phosphoric ester groups is 2. The monoisotopic (exact) mass is 556 g/mol. The molecule has 2 aromatic rings. The van der Waals surface area contributed by atoms with Gasteiger partial charge in [0.15, 0.2) is 11.7 Å². The Morgan fingerprint density at radius 2 is 1.67 bits per heavy atom. The molecule has 2 saturated heterocycles. The zero-order valence-corrected chi connectivity index (χ0v) is 19.7. The zero-order valence-electron chi connectivity index (χ0n) is 18.0. The van der Waals surface area contributed by atoms with Crippen molar-refractivity contribution in [3.05, 3.63) is 6.33 Å². The smallest absolute Gasteiger partial charge is 0.478 e. The van der Waals surface area contributed by atoms with E-state index in [1.807, 2.05) is 0 Å². The Kier molecular flexibility index (Phi) is 6.37. The van der Waals surface area contributed by atoms with E-state index >= 15 is 0 Å². The highest BCUT2D eigenvalue weighted by Crippen LogP contribution is 2.58. The van der Waals surface area contributed by atoms with Crippen LogP contribution < -0.4 is 20.9 Å². The van der Waals surface area contributed by atoms with E-state index < -0.39 is 77.9 Å². The molecule has 2 fully saturated rings. The van der Waals surface area contributed by atoms with Gasteiger partial charge in [0, 0.05) is 0 Å². The van der Waals surface area contributed by atoms with Crippen LogP contribution in [-0.4, -0.2) is 89.7 Å². The van der Waals surface area contributed by atoms with Crippen molar-refractivity contribution in [2.45, 2.75) is 49.1 Å². The van der Waals surface area contributed by atoms with Crippen molar-refractivity contribution in [2.75, 3.05) is 24.7 Å². The van der Waals surface area contributed by atoms with Crippen LogP contribution in [0, 0.1) is 0 Å². The molecule has 200 valence electrons. The van der Waals surface area contributed by atoms with Crippen molar-refractivity contribution in [1.82, 2.24) is 14.5 Å². The highest BCUT2D eigenvalue weighted by Gasteiger charge is 2.49. The first kappa shape index (κ1) is 25.8. The van der Waals surface area contributed by atoms with Crippen LogP contribution in [0.1, 0.15) is 12.5 Å². The van der Waals surface area contributed by atoms with E-state index in [9.17, 15) is 39.3 Å². The van der Waals surface area contributed by atoms with Gasteiger partial charge >= 0.3 is 7.82 Å². The number of aliphatic hydroxyl groups is 4. The highest BCUT2D eigenvalue weighted by molar-refractivity contribution is 7.60. The van der Waals surface area contributed by atoms with Crippen molar-refractivity contribution < 1.29 is 66.7 Å². The summed E-state index contributed by atoms with van der Waals surface area (Å²) >= 11 is 0. The van der Waals surface area contributed by atoms with Gasteiger partial charge in [-0.2, -0.15) is 0 Å². The minimum absolute atomic E-state index is 0.00319. The fourth-order valence-corrected chi connectivity index (χ4v) is 6.23. The predicted molar refractivity (Wildman–Crippen MR) is 109 cm³/mol. The summed E-state index contributed by atoms with van der Waals surface area (Å²) in [7, 11) is -10.9. The molecule has 2 unspecified atom stereocenters. The molecule has 9 N–H and O–H groups in total. The van der Waals surface area contributed by atoms with Crippen LogP contribution >= 0.6 is 15.6 Å². The van der Waals surface area contributed by atoms with Crippen molar-refractivity contribution in [3.63, 3.8) is 0 Å². The Morgan fingerprint density at radius 1 is 1.03 bits per heavy atom. The molecular formula is C15H22N6O13P2. The molecule has 8 bridgehead atoms. The minimum atomic E-state index is -5.52. The molecule has 0 saturated carbocycles. The maximum atomic E-state index is 12.2. The normalized spacial score (nSPS) is 43.7. The van der Waals surface area contributed by atoms with E-state index in [1.54, 1.807) is 0 Å². The largest absolute Gasteiger partial charge is 0.756 e. The summed E-state index contributed by atoms with van der Waals surface area (Å²) in [4.78, 5) is 30.2. The average molecular weight is 556 g/mol. The Hall–Kier alpha value is -1.83. The first-order valence-corrected chi connectivity index (χ1v) is 13.3. The topological polar surface area (TPSA) is 291 Å². The number of phosphoric acid groups is 2. The van der Waals surface area contributed by atoms with Gasteiger partial charge in [-0.15, -0.1) is 0 Å². The molecule has 6 heterocycles. The van der Waals surface area contributed by atoms with Gasteiger partial charge in [-0.3, -0.25) is 13.7 Å². The van der Waals surface area contributed by atoms with Crippen LogP contribution in [0.2, 0.25) is 0 Å². The van der Waals surface area contributed by atoms with E-state index in [2.05, 4.69) is 23.3 Å². The number of nitrogens with zero attached hydrogens (tertiary/aromatic N) is 4. The van der Waals surface area contributed by atoms with Crippen LogP contribution in [0.4, 0.5) is 11.8 Å². The van der Waals surface area contributed by atoms with Crippen LogP contribution in [0.3, 0.4) is 0 Å². The van der Waals surface area contributed by atoms with Gasteiger partial charge < -0.3 is 55.7 Å². The number of aromatic nitrogens is 4. The van der Waals surface area contributed by atoms with Crippen molar-refractivity contribution in [3.8, 4) is 0 Å². The van der Waals surface area contributed by atoms with Crippen LogP contribution in [-0.2, 0) is 32.0 Å². The summed E-state index contributed by atoms with van der Waals surface area (Å²) in [6, 6.07) is 0. The molecule has 0 amide bonds. The number of fused-ring (bicyclic) bond motifs is 7. The lowest BCUT2D eigenvalue weighted by Crippen LogP contribution is -2.48. The first-order valence-electron chi connectivity index (χ1n) is 10.3. The van der Waals surface area contributed by atoms with Gasteiger partial charge in [0.2, 0.25) is 24.2 Å². The fourth-order valence-electron chi connectivity index (χ4n) is 4.17. The fraction of sp³-hybridized carbons (Fsp3) is 0.667. The maximum Gasteiger partial charge on any atom is 0.478 e. The second-order valence-electron chi connectivity index (χ2n) is 8.23. The third-order valence-corrected chi connectivity index (χ3v) is 8.51. The highest BCUT2D eigenvalue weighted by atomic mass is 31.3. The van der Waals surface area contributed by atoms with E-state index in [0.29, 0.717) is 0 Å². The van der Waals surface area contributed by atoms with E-state index in [0.717, 1.165) is 15.5 Å². The van der Waals surface area contributed by atoms with Gasteiger partial charge in [-0.05, 0) is 0 Å². The molecule has 0 spiro atoms. The quantitative estimate of drug-likeness (QED) is 0.119. The second-order valence-corrected chi connectivity index (χ2v) is 11.2. The third kappa shape index (κ3) is 4.31. The molecular weight excluding hydrogens is 534 g/mol. The number of nitrogen functional groups attached to an aromatic ring is 2. The lowest BCUT2D eigenvalue weighted by atomic mass is 10.1. The molecule has 0 radical (unpaired) electrons. The van der Waals surface area contributed by atoms with Crippen molar-refractivity contribution in [2.24, 2.45) is 0 Å². The Balaban J connectivity index is 1.60. The summed E-state index contributed by atoms with van der Waals surface area (Å²) in [5.41, 5.74) is 12.2. The first-order chi connectivity index (χ1) is 16.8. The lowest BCUT2D eigenvalue weighted by molar-refractivity contribution is -0.755. The number of aliphatic hydroxyl groups excluding tert-OH is 4. The molecule has 0 aromatic carbocycles. The van der Waals surface area contributed by atoms with E-state index in [-0.39, 0.29) is 22.9 Å². The second kappa shape index (κ2) is 8.88. The number of hydrogen-bond acceptors (Lipinski definition) is 16. The van der Waals surface area contributed by atoms with Crippen molar-refractivity contribution in [1.29, 1.82) is 0 Å². The molecule has 36 heavy (non-hydrogen) atoms. The van der Waals surface area contributed by atoms with Gasteiger partial charge in [0.1, 0.15) is 36.6 Å². The summed E-state index contributed by atoms with van der Waals surface area (Å²) in [6.45, 7) is -1.82. The van der Waals surface area contributed by atoms with E-state index in [4.69, 9.17) is 20.9 Å². The summed E-state index contributed by atoms with van der Waals surface area (Å²) in [6.07, 6.45) is -11.3. The van der Waals surface area contributed by atoms with E-state index in [1.165, 1.54) is 0 Å². The van der Waals surface area contributed by atoms with Crippen LogP contribution in [0.25, 0.3) is 11.2 Å². The molecule has 4 aliphatic heterocycles. The summed E-state index contributed by atoms with van der Waals surface area (Å²) in [5, 5.41) is 41.7. The Labute approximate surface area is 200 Å². The molecule has 0 aliphatic carbocycles. The standard InChI is InChI=1S/C15H22N6O13P2/c16-11-6-12-18-3-20(11)13-9(24)7(22)4(32-13)1-30-35(26,27)34-36(28,29)31-2-5-8(23)10(25)14(33-5)21(12)15(17)19-6/h3-5,7-10,13-14,16,22-25H,1-2H2,(H4,17,19,26,27,28,29)/t4-,5-,7-,8-,9-,10-,13-,14-/m1/s1. The van der Waals surface area contributed by atoms with Gasteiger partial charge in [-0.25, -0.2) is 18.4 Å². The lowest BCUT2D eigenvalue weighted by Gasteiger charge is -2.26. The number of anilines is 2. The maximum absolute atomic E-state index is 12.2. The minimum Gasteiger partial charge on any atom is -0.756 e. The van der Waals surface area contributed by atoms with Gasteiger partial charge in [0.05, 0.1) is 13.2 Å². The number of rotatable bonds is 0. The van der Waals surface area contributed by atoms with Gasteiger partial charge in [-0.1, -0.05) is 4.98 Å². The average Bonchev–Trinajstić information content (AvgIpc) is 3.37. The van der Waals surface area contributed by atoms with Gasteiger partial charge in [0.25, 0.3) is 13.6 Å². The molecule has 19 nitrogen and oxygen atoms in total. The van der Waals surface area contributed by atoms with Crippen molar-refractivity contribution >= 4 is 38.6 Å². The Morgan fingerprint density at radius 3 is 2.39 bits per heavy atom. The predicted octanol–water partition coefficient (Wildman–Crippen LogP) is -4.25. The zero-order chi connectivity index (χ0) is 26.2. The number of ether oxygens (including phenoxy) is 2. The Bertz CT molecular complexity index is 1280.